The molecule has 0 bridgehead atoms. The molecule has 0 saturated carbocycles. The highest BCUT2D eigenvalue weighted by Gasteiger charge is 1.95. The van der Waals surface area contributed by atoms with Crippen LogP contribution in [0.25, 0.3) is 0 Å². The van der Waals surface area contributed by atoms with Crippen LogP contribution >= 0.6 is 15.9 Å². The van der Waals surface area contributed by atoms with E-state index in [2.05, 4.69) is 15.9 Å². The van der Waals surface area contributed by atoms with Crippen LogP contribution in [0.5, 0.6) is 0 Å². The van der Waals surface area contributed by atoms with E-state index in [0.29, 0.717) is 11.1 Å². The third-order valence-corrected chi connectivity index (χ3v) is 1.45. The largest absolute Gasteiger partial charge is 0.501 e. The lowest BCUT2D eigenvalue weighted by molar-refractivity contribution is -0.136. The highest BCUT2D eigenvalue weighted by molar-refractivity contribution is 9.09. The van der Waals surface area contributed by atoms with Gasteiger partial charge in [-0.2, -0.15) is 0 Å². The van der Waals surface area contributed by atoms with Gasteiger partial charge in [-0.15, -0.1) is 0 Å². The van der Waals surface area contributed by atoms with Gasteiger partial charge in [-0.25, -0.2) is 0 Å². The fraction of sp³-hybridized carbons (Fsp3) is 0.500. The molecule has 0 fully saturated rings. The van der Waals surface area contributed by atoms with Crippen molar-refractivity contribution in [3.05, 3.63) is 11.8 Å². The van der Waals surface area contributed by atoms with E-state index in [1.807, 2.05) is 0 Å². The molecule has 0 atom stereocenters. The number of carbonyl (C=O) groups is 1. The molecule has 0 aliphatic rings. The van der Waals surface area contributed by atoms with Gasteiger partial charge in [-0.05, 0) is 6.08 Å². The molecule has 0 aliphatic carbocycles. The zero-order valence-electron chi connectivity index (χ0n) is 5.63. The number of carboxylic acids is 1. The number of rotatable bonds is 4. The van der Waals surface area contributed by atoms with Gasteiger partial charge in [0, 0.05) is 0 Å². The second-order valence-electron chi connectivity index (χ2n) is 1.61. The molecule has 0 amide bonds. The van der Waals surface area contributed by atoms with E-state index < -0.39 is 5.97 Å². The Morgan fingerprint density at radius 2 is 2.40 bits per heavy atom. The summed E-state index contributed by atoms with van der Waals surface area (Å²) in [6.45, 7) is 0. The maximum Gasteiger partial charge on any atom is 0.307 e. The average molecular weight is 209 g/mol. The Morgan fingerprint density at radius 3 is 2.70 bits per heavy atom. The normalized spacial score (nSPS) is 11.2. The minimum atomic E-state index is -0.851. The number of hydrogen-bond acceptors (Lipinski definition) is 2. The van der Waals surface area contributed by atoms with Gasteiger partial charge in [0.15, 0.2) is 0 Å². The van der Waals surface area contributed by atoms with Crippen LogP contribution in [0.4, 0.5) is 0 Å². The van der Waals surface area contributed by atoms with E-state index in [1.165, 1.54) is 13.2 Å². The van der Waals surface area contributed by atoms with Crippen molar-refractivity contribution < 1.29 is 14.6 Å². The Balaban J connectivity index is 3.74. The minimum absolute atomic E-state index is 0.00870. The Kier molecular flexibility index (Phi) is 5.02. The number of hydrogen-bond donors (Lipinski definition) is 1. The van der Waals surface area contributed by atoms with Crippen molar-refractivity contribution in [2.45, 2.75) is 6.42 Å². The molecular weight excluding hydrogens is 200 g/mol. The lowest BCUT2D eigenvalue weighted by Gasteiger charge is -1.98. The van der Waals surface area contributed by atoms with E-state index in [0.717, 1.165) is 0 Å². The number of carboxylic acid groups (broad SMARTS) is 1. The number of methoxy groups -OCH3 is 1. The number of ether oxygens (including phenoxy) is 1. The molecule has 0 spiro atoms. The van der Waals surface area contributed by atoms with E-state index in [1.54, 1.807) is 0 Å². The van der Waals surface area contributed by atoms with Crippen molar-refractivity contribution >= 4 is 21.9 Å². The van der Waals surface area contributed by atoms with Crippen LogP contribution < -0.4 is 0 Å². The maximum atomic E-state index is 10.0. The van der Waals surface area contributed by atoms with Crippen molar-refractivity contribution in [2.24, 2.45) is 0 Å². The second kappa shape index (κ2) is 5.29. The molecule has 1 N–H and O–H groups in total. The molecular formula is C6H9BrO3. The van der Waals surface area contributed by atoms with Gasteiger partial charge >= 0.3 is 5.97 Å². The van der Waals surface area contributed by atoms with Crippen LogP contribution in [0.15, 0.2) is 11.8 Å². The average Bonchev–Trinajstić information content (AvgIpc) is 1.90. The summed E-state index contributed by atoms with van der Waals surface area (Å²) >= 11 is 3.14. The minimum Gasteiger partial charge on any atom is -0.501 e. The highest BCUT2D eigenvalue weighted by Crippen LogP contribution is 2.01. The molecule has 0 rings (SSSR count). The van der Waals surface area contributed by atoms with E-state index in [4.69, 9.17) is 9.84 Å². The van der Waals surface area contributed by atoms with Gasteiger partial charge in [0.2, 0.25) is 0 Å². The first-order valence-corrected chi connectivity index (χ1v) is 3.83. The van der Waals surface area contributed by atoms with Gasteiger partial charge in [-0.3, -0.25) is 4.79 Å². The number of halogens is 1. The molecule has 0 radical (unpaired) electrons. The summed E-state index contributed by atoms with van der Waals surface area (Å²) in [6, 6.07) is 0. The van der Waals surface area contributed by atoms with Gasteiger partial charge in [0.1, 0.15) is 5.76 Å². The molecule has 10 heavy (non-hydrogen) atoms. The topological polar surface area (TPSA) is 46.5 Å². The van der Waals surface area contributed by atoms with E-state index >= 15 is 0 Å². The predicted molar refractivity (Wildman–Crippen MR) is 41.1 cm³/mol. The third-order valence-electron chi connectivity index (χ3n) is 0.898. The number of alkyl halides is 1. The zero-order chi connectivity index (χ0) is 7.98. The lowest BCUT2D eigenvalue weighted by Crippen LogP contribution is -1.94. The third kappa shape index (κ3) is 4.38. The zero-order valence-corrected chi connectivity index (χ0v) is 7.22. The predicted octanol–water partition coefficient (Wildman–Crippen LogP) is 1.39. The van der Waals surface area contributed by atoms with Gasteiger partial charge < -0.3 is 9.84 Å². The molecule has 0 aromatic rings. The van der Waals surface area contributed by atoms with Crippen LogP contribution in [0.3, 0.4) is 0 Å². The first kappa shape index (κ1) is 9.49. The van der Waals surface area contributed by atoms with Crippen molar-refractivity contribution in [1.29, 1.82) is 0 Å². The Bertz CT molecular complexity index is 136. The summed E-state index contributed by atoms with van der Waals surface area (Å²) < 4.78 is 4.80. The Morgan fingerprint density at radius 1 is 1.80 bits per heavy atom. The molecule has 0 unspecified atom stereocenters. The summed E-state index contributed by atoms with van der Waals surface area (Å²) in [4.78, 5) is 10.0. The molecule has 3 nitrogen and oxygen atoms in total. The highest BCUT2D eigenvalue weighted by atomic mass is 79.9. The number of allylic oxidation sites excluding steroid dienone is 1. The quantitative estimate of drug-likeness (QED) is 0.562. The monoisotopic (exact) mass is 208 g/mol. The van der Waals surface area contributed by atoms with Crippen molar-refractivity contribution in [1.82, 2.24) is 0 Å². The molecule has 0 heterocycles. The maximum absolute atomic E-state index is 10.0. The van der Waals surface area contributed by atoms with Gasteiger partial charge in [0.25, 0.3) is 0 Å². The molecule has 58 valence electrons. The summed E-state index contributed by atoms with van der Waals surface area (Å²) in [5, 5.41) is 8.79. The second-order valence-corrected chi connectivity index (χ2v) is 2.17. The summed E-state index contributed by atoms with van der Waals surface area (Å²) in [6.07, 6.45) is 1.53. The smallest absolute Gasteiger partial charge is 0.307 e. The van der Waals surface area contributed by atoms with Crippen LogP contribution in [-0.2, 0) is 9.53 Å². The SMILES string of the molecule is CO/C(=C\CC(=O)O)CBr. The fourth-order valence-electron chi connectivity index (χ4n) is 0.394. The first-order chi connectivity index (χ1) is 4.70. The molecule has 0 aromatic heterocycles. The molecule has 0 aliphatic heterocycles. The van der Waals surface area contributed by atoms with E-state index in [-0.39, 0.29) is 6.42 Å². The van der Waals surface area contributed by atoms with Gasteiger partial charge in [-0.1, -0.05) is 15.9 Å². The van der Waals surface area contributed by atoms with Crippen LogP contribution in [0.2, 0.25) is 0 Å². The van der Waals surface area contributed by atoms with E-state index in [9.17, 15) is 4.79 Å². The molecule has 0 saturated heterocycles. The van der Waals surface area contributed by atoms with Crippen LogP contribution in [-0.4, -0.2) is 23.5 Å². The first-order valence-electron chi connectivity index (χ1n) is 2.71. The Hall–Kier alpha value is -0.510. The number of aliphatic carboxylic acids is 1. The standard InChI is InChI=1S/C6H9BrO3/c1-10-5(4-7)2-3-6(8)9/h2H,3-4H2,1H3,(H,8,9)/b5-2-. The summed E-state index contributed by atoms with van der Waals surface area (Å²) in [7, 11) is 1.51. The van der Waals surface area contributed by atoms with Crippen molar-refractivity contribution in [3.63, 3.8) is 0 Å². The van der Waals surface area contributed by atoms with Crippen LogP contribution in [0.1, 0.15) is 6.42 Å². The summed E-state index contributed by atoms with van der Waals surface area (Å²) in [5.74, 6) is -0.210. The van der Waals surface area contributed by atoms with Crippen molar-refractivity contribution in [3.8, 4) is 0 Å². The van der Waals surface area contributed by atoms with Crippen molar-refractivity contribution in [2.75, 3.05) is 12.4 Å². The fourth-order valence-corrected chi connectivity index (χ4v) is 0.851. The van der Waals surface area contributed by atoms with Crippen LogP contribution in [0, 0.1) is 0 Å². The lowest BCUT2D eigenvalue weighted by atomic mass is 10.4. The Labute approximate surface area is 67.8 Å². The molecule has 4 heteroatoms. The van der Waals surface area contributed by atoms with Gasteiger partial charge in [0.05, 0.1) is 18.9 Å². The molecule has 0 aromatic carbocycles. The summed E-state index contributed by atoms with van der Waals surface area (Å²) in [5.41, 5.74) is 0.